The molecule has 3 aromatic rings. The van der Waals surface area contributed by atoms with Crippen molar-refractivity contribution >= 4 is 50.2 Å². The van der Waals surface area contributed by atoms with Crippen LogP contribution in [0.3, 0.4) is 0 Å². The van der Waals surface area contributed by atoms with Crippen LogP contribution in [-0.4, -0.2) is 38.2 Å². The lowest BCUT2D eigenvalue weighted by molar-refractivity contribution is -0.115. The van der Waals surface area contributed by atoms with Crippen LogP contribution < -0.4 is 10.0 Å². The number of nitrogens with one attached hydrogen (secondary N) is 2. The fourth-order valence-corrected chi connectivity index (χ4v) is 6.35. The van der Waals surface area contributed by atoms with Gasteiger partial charge in [0.15, 0.2) is 0 Å². The number of amides is 2. The van der Waals surface area contributed by atoms with E-state index >= 15 is 0 Å². The van der Waals surface area contributed by atoms with Gasteiger partial charge in [0.2, 0.25) is 5.91 Å². The Kier molecular flexibility index (Phi) is 6.24. The molecule has 2 aromatic heterocycles. The summed E-state index contributed by atoms with van der Waals surface area (Å²) < 4.78 is 26.8. The largest absolute Gasteiger partial charge is 0.334 e. The number of thiophene rings is 2. The van der Waals surface area contributed by atoms with Crippen molar-refractivity contribution in [3.8, 4) is 0 Å². The smallest absolute Gasteiger partial charge is 0.254 e. The lowest BCUT2D eigenvalue weighted by Crippen LogP contribution is -2.36. The lowest BCUT2D eigenvalue weighted by Gasteiger charge is -2.28. The summed E-state index contributed by atoms with van der Waals surface area (Å²) in [5, 5.41) is 6.41. The van der Waals surface area contributed by atoms with Crippen molar-refractivity contribution in [1.82, 2.24) is 9.62 Å². The van der Waals surface area contributed by atoms with E-state index in [0.29, 0.717) is 29.9 Å². The van der Waals surface area contributed by atoms with Crippen LogP contribution in [0.4, 0.5) is 5.69 Å². The highest BCUT2D eigenvalue weighted by atomic mass is 32.2. The lowest BCUT2D eigenvalue weighted by atomic mass is 10.0. The molecule has 31 heavy (non-hydrogen) atoms. The average Bonchev–Trinajstić information content (AvgIpc) is 3.45. The number of carbonyl (C=O) groups excluding carboxylic acids is 2. The van der Waals surface area contributed by atoms with E-state index in [9.17, 15) is 18.0 Å². The maximum absolute atomic E-state index is 13.1. The minimum Gasteiger partial charge on any atom is -0.334 e. The second-order valence-corrected chi connectivity index (χ2v) is 11.1. The molecule has 2 amide bonds. The van der Waals surface area contributed by atoms with E-state index in [2.05, 4.69) is 16.1 Å². The molecule has 162 valence electrons. The Morgan fingerprint density at radius 2 is 1.94 bits per heavy atom. The Labute approximate surface area is 188 Å². The summed E-state index contributed by atoms with van der Waals surface area (Å²) in [6, 6.07) is 10.3. The van der Waals surface area contributed by atoms with Gasteiger partial charge < -0.3 is 10.2 Å². The minimum absolute atomic E-state index is 0.0798. The molecule has 0 bridgehead atoms. The van der Waals surface area contributed by atoms with Gasteiger partial charge in [-0.25, -0.2) is 13.1 Å². The number of anilines is 1. The molecule has 1 aliphatic heterocycles. The molecule has 0 saturated heterocycles. The number of hydrogen-bond acceptors (Lipinski definition) is 6. The third kappa shape index (κ3) is 4.72. The van der Waals surface area contributed by atoms with Crippen LogP contribution in [0.25, 0.3) is 0 Å². The number of nitrogens with zero attached hydrogens (tertiary/aromatic N) is 1. The summed E-state index contributed by atoms with van der Waals surface area (Å²) >= 11 is 2.80. The monoisotopic (exact) mass is 475 g/mol. The van der Waals surface area contributed by atoms with Gasteiger partial charge in [-0.1, -0.05) is 12.1 Å². The Hall–Kier alpha value is -2.53. The van der Waals surface area contributed by atoms with Gasteiger partial charge >= 0.3 is 0 Å². The number of carbonyl (C=O) groups is 2. The molecule has 0 fully saturated rings. The van der Waals surface area contributed by atoms with Crippen LogP contribution in [0.15, 0.2) is 51.4 Å². The van der Waals surface area contributed by atoms with E-state index in [1.54, 1.807) is 47.9 Å². The maximum atomic E-state index is 13.1. The number of hydrogen-bond donors (Lipinski definition) is 2. The van der Waals surface area contributed by atoms with E-state index in [4.69, 9.17) is 0 Å². The molecule has 0 atom stereocenters. The summed E-state index contributed by atoms with van der Waals surface area (Å²) in [6.07, 6.45) is 0.846. The number of sulfonamides is 1. The van der Waals surface area contributed by atoms with Crippen LogP contribution in [0.5, 0.6) is 0 Å². The topological polar surface area (TPSA) is 95.6 Å². The summed E-state index contributed by atoms with van der Waals surface area (Å²) in [6.45, 7) is 2.62. The first-order valence-electron chi connectivity index (χ1n) is 9.62. The van der Waals surface area contributed by atoms with Crippen molar-refractivity contribution in [2.45, 2.75) is 24.1 Å². The van der Waals surface area contributed by atoms with Gasteiger partial charge in [-0.2, -0.15) is 0 Å². The van der Waals surface area contributed by atoms with Gasteiger partial charge in [-0.3, -0.25) is 9.59 Å². The fourth-order valence-electron chi connectivity index (χ4n) is 3.44. The van der Waals surface area contributed by atoms with E-state index in [1.165, 1.54) is 16.5 Å². The van der Waals surface area contributed by atoms with Crippen molar-refractivity contribution in [3.63, 3.8) is 0 Å². The van der Waals surface area contributed by atoms with Gasteiger partial charge in [0.1, 0.15) is 4.21 Å². The molecule has 0 unspecified atom stereocenters. The summed E-state index contributed by atoms with van der Waals surface area (Å²) in [5.41, 5.74) is 2.85. The zero-order chi connectivity index (χ0) is 22.0. The Balaban J connectivity index is 1.43. The molecule has 3 heterocycles. The Morgan fingerprint density at radius 3 is 2.71 bits per heavy atom. The van der Waals surface area contributed by atoms with Crippen LogP contribution >= 0.6 is 22.7 Å². The number of benzene rings is 1. The molecule has 0 radical (unpaired) electrons. The average molecular weight is 476 g/mol. The van der Waals surface area contributed by atoms with Gasteiger partial charge in [-0.15, -0.1) is 22.7 Å². The van der Waals surface area contributed by atoms with Gasteiger partial charge in [0.25, 0.3) is 15.9 Å². The third-order valence-corrected chi connectivity index (χ3v) is 8.94. The fraction of sp³-hybridized carbons (Fsp3) is 0.238. The summed E-state index contributed by atoms with van der Waals surface area (Å²) in [4.78, 5) is 28.6. The van der Waals surface area contributed by atoms with E-state index in [1.807, 2.05) is 10.3 Å². The molecular formula is C21H21N3O4S3. The second-order valence-electron chi connectivity index (χ2n) is 7.13. The van der Waals surface area contributed by atoms with E-state index in [-0.39, 0.29) is 10.1 Å². The number of rotatable bonds is 6. The molecule has 0 spiro atoms. The standard InChI is InChI=1S/C21H21N3O4S3/c1-14-16(21(26)24-9-7-18-15(13-24)8-11-29-18)4-2-5-17(14)23-19(25)12-22-31(27,28)20-6-3-10-30-20/h2-6,8,10-11,22H,7,9,12-13H2,1H3,(H,23,25). The number of fused-ring (bicyclic) bond motifs is 1. The summed E-state index contributed by atoms with van der Waals surface area (Å²) in [7, 11) is -3.72. The predicted octanol–water partition coefficient (Wildman–Crippen LogP) is 3.23. The highest BCUT2D eigenvalue weighted by molar-refractivity contribution is 7.91. The van der Waals surface area contributed by atoms with Crippen LogP contribution in [0, 0.1) is 6.92 Å². The molecule has 7 nitrogen and oxygen atoms in total. The van der Waals surface area contributed by atoms with Crippen molar-refractivity contribution in [1.29, 1.82) is 0 Å². The van der Waals surface area contributed by atoms with Gasteiger partial charge in [0, 0.05) is 29.2 Å². The first kappa shape index (κ1) is 21.7. The van der Waals surface area contributed by atoms with Crippen molar-refractivity contribution in [3.05, 3.63) is 68.7 Å². The van der Waals surface area contributed by atoms with Gasteiger partial charge in [0.05, 0.1) is 6.54 Å². The molecule has 1 aliphatic rings. The minimum atomic E-state index is -3.72. The highest BCUT2D eigenvalue weighted by Gasteiger charge is 2.24. The normalized spacial score (nSPS) is 13.6. The zero-order valence-electron chi connectivity index (χ0n) is 16.8. The van der Waals surface area contributed by atoms with E-state index < -0.39 is 22.5 Å². The van der Waals surface area contributed by atoms with E-state index in [0.717, 1.165) is 17.8 Å². The van der Waals surface area contributed by atoms with Crippen LogP contribution in [0.1, 0.15) is 26.4 Å². The third-order valence-electron chi connectivity index (χ3n) is 5.12. The first-order chi connectivity index (χ1) is 14.8. The molecule has 0 aliphatic carbocycles. The highest BCUT2D eigenvalue weighted by Crippen LogP contribution is 2.27. The molecule has 1 aromatic carbocycles. The molecule has 10 heteroatoms. The second kappa shape index (κ2) is 8.91. The summed E-state index contributed by atoms with van der Waals surface area (Å²) in [5.74, 6) is -0.586. The maximum Gasteiger partial charge on any atom is 0.254 e. The van der Waals surface area contributed by atoms with Crippen molar-refractivity contribution in [2.75, 3.05) is 18.4 Å². The predicted molar refractivity (Wildman–Crippen MR) is 122 cm³/mol. The zero-order valence-corrected chi connectivity index (χ0v) is 19.2. The Bertz CT molecular complexity index is 1220. The molecule has 4 rings (SSSR count). The molecule has 0 saturated carbocycles. The SMILES string of the molecule is Cc1c(NC(=O)CNS(=O)(=O)c2cccs2)cccc1C(=O)N1CCc2sccc2C1. The quantitative estimate of drug-likeness (QED) is 0.572. The molecule has 2 N–H and O–H groups in total. The van der Waals surface area contributed by atoms with Crippen LogP contribution in [-0.2, 0) is 27.8 Å². The van der Waals surface area contributed by atoms with Crippen molar-refractivity contribution < 1.29 is 18.0 Å². The Morgan fingerprint density at radius 1 is 1.10 bits per heavy atom. The van der Waals surface area contributed by atoms with Gasteiger partial charge in [-0.05, 0) is 59.5 Å². The van der Waals surface area contributed by atoms with Crippen molar-refractivity contribution in [2.24, 2.45) is 0 Å². The molecular weight excluding hydrogens is 454 g/mol. The first-order valence-corrected chi connectivity index (χ1v) is 12.9. The van der Waals surface area contributed by atoms with Crippen LogP contribution in [0.2, 0.25) is 0 Å².